The Morgan fingerprint density at radius 3 is 2.09 bits per heavy atom. The second-order valence-electron chi connectivity index (χ2n) is 7.65. The smallest absolute Gasteiger partial charge is 0.326 e. The molecular formula is C17H26N2O4. The van der Waals surface area contributed by atoms with Crippen molar-refractivity contribution in [3.8, 4) is 0 Å². The van der Waals surface area contributed by atoms with Gasteiger partial charge in [-0.3, -0.25) is 14.5 Å². The summed E-state index contributed by atoms with van der Waals surface area (Å²) in [6.45, 7) is 3.38. The number of piperazine rings is 1. The Labute approximate surface area is 136 Å². The van der Waals surface area contributed by atoms with Crippen molar-refractivity contribution in [2.45, 2.75) is 37.6 Å². The van der Waals surface area contributed by atoms with Crippen LogP contribution >= 0.6 is 0 Å². The monoisotopic (exact) mass is 322 g/mol. The molecule has 0 aromatic rings. The first-order chi connectivity index (χ1) is 11.1. The van der Waals surface area contributed by atoms with Crippen LogP contribution in [0.5, 0.6) is 0 Å². The Balaban J connectivity index is 1.38. The fourth-order valence-electron chi connectivity index (χ4n) is 4.37. The van der Waals surface area contributed by atoms with Gasteiger partial charge in [0, 0.05) is 45.1 Å². The van der Waals surface area contributed by atoms with Crippen LogP contribution in [0.15, 0.2) is 0 Å². The Morgan fingerprint density at radius 1 is 1.04 bits per heavy atom. The molecule has 6 heteroatoms. The zero-order chi connectivity index (χ0) is 16.0. The molecule has 0 bridgehead atoms. The van der Waals surface area contributed by atoms with Crippen molar-refractivity contribution in [3.63, 3.8) is 0 Å². The summed E-state index contributed by atoms with van der Waals surface area (Å²) in [5.74, 6) is 1.05. The van der Waals surface area contributed by atoms with Crippen LogP contribution in [0.1, 0.15) is 32.1 Å². The number of hydrogen-bond donors (Lipinski definition) is 1. The van der Waals surface area contributed by atoms with Crippen LogP contribution in [0.2, 0.25) is 0 Å². The van der Waals surface area contributed by atoms with Gasteiger partial charge in [0.2, 0.25) is 5.91 Å². The third-order valence-electron chi connectivity index (χ3n) is 6.14. The van der Waals surface area contributed by atoms with Gasteiger partial charge in [-0.1, -0.05) is 0 Å². The molecule has 2 saturated carbocycles. The fourth-order valence-corrected chi connectivity index (χ4v) is 4.37. The maximum atomic E-state index is 12.9. The molecule has 2 saturated heterocycles. The average molecular weight is 322 g/mol. The lowest BCUT2D eigenvalue weighted by molar-refractivity contribution is -0.154. The van der Waals surface area contributed by atoms with Gasteiger partial charge in [0.25, 0.3) is 0 Å². The Kier molecular flexibility index (Phi) is 3.84. The van der Waals surface area contributed by atoms with Crippen LogP contribution in [0.25, 0.3) is 0 Å². The molecular weight excluding hydrogens is 296 g/mol. The van der Waals surface area contributed by atoms with E-state index in [0.717, 1.165) is 0 Å². The molecule has 2 heterocycles. The van der Waals surface area contributed by atoms with E-state index in [1.165, 1.54) is 25.7 Å². The third kappa shape index (κ3) is 2.76. The molecule has 1 atom stereocenters. The fraction of sp³-hybridized carbons (Fsp3) is 0.882. The van der Waals surface area contributed by atoms with Crippen molar-refractivity contribution < 1.29 is 19.4 Å². The Bertz CT molecular complexity index is 475. The van der Waals surface area contributed by atoms with Gasteiger partial charge in [-0.15, -0.1) is 0 Å². The first-order valence-electron chi connectivity index (χ1n) is 8.97. The molecule has 1 unspecified atom stereocenters. The Morgan fingerprint density at radius 2 is 1.65 bits per heavy atom. The lowest BCUT2D eigenvalue weighted by Gasteiger charge is -2.43. The highest BCUT2D eigenvalue weighted by Crippen LogP contribution is 2.50. The van der Waals surface area contributed by atoms with Crippen LogP contribution in [0, 0.1) is 17.8 Å². The minimum Gasteiger partial charge on any atom is -0.480 e. The van der Waals surface area contributed by atoms with E-state index < -0.39 is 11.5 Å². The summed E-state index contributed by atoms with van der Waals surface area (Å²) in [4.78, 5) is 28.6. The zero-order valence-electron chi connectivity index (χ0n) is 13.6. The summed E-state index contributed by atoms with van der Waals surface area (Å²) in [6, 6.07) is 0. The number of carbonyl (C=O) groups is 2. The van der Waals surface area contributed by atoms with E-state index in [-0.39, 0.29) is 12.5 Å². The number of carboxylic acids is 1. The van der Waals surface area contributed by atoms with Gasteiger partial charge in [0.1, 0.15) is 5.54 Å². The van der Waals surface area contributed by atoms with Crippen LogP contribution in [-0.2, 0) is 14.3 Å². The summed E-state index contributed by atoms with van der Waals surface area (Å²) in [5.41, 5.74) is -0.873. The minimum absolute atomic E-state index is 0.254. The second-order valence-corrected chi connectivity index (χ2v) is 7.65. The number of hydrogen-bond acceptors (Lipinski definition) is 4. The van der Waals surface area contributed by atoms with Crippen molar-refractivity contribution in [3.05, 3.63) is 0 Å². The normalized spacial score (nSPS) is 32.5. The van der Waals surface area contributed by atoms with Crippen LogP contribution in [-0.4, -0.2) is 71.7 Å². The van der Waals surface area contributed by atoms with E-state index in [9.17, 15) is 14.7 Å². The van der Waals surface area contributed by atoms with E-state index in [1.54, 1.807) is 0 Å². The SMILES string of the molecule is O=C(C(C1CC1)C1CC1)N1CCN(C2(C(=O)O)CCOC2)CC1. The number of aliphatic carboxylic acids is 1. The molecule has 4 rings (SSSR count). The largest absolute Gasteiger partial charge is 0.480 e. The molecule has 6 nitrogen and oxygen atoms in total. The van der Waals surface area contributed by atoms with Gasteiger partial charge in [0.15, 0.2) is 0 Å². The summed E-state index contributed by atoms with van der Waals surface area (Å²) < 4.78 is 5.36. The van der Waals surface area contributed by atoms with E-state index in [1.807, 2.05) is 9.80 Å². The van der Waals surface area contributed by atoms with Gasteiger partial charge in [-0.2, -0.15) is 0 Å². The molecule has 0 aromatic carbocycles. The van der Waals surface area contributed by atoms with E-state index >= 15 is 0 Å². The highest BCUT2D eigenvalue weighted by molar-refractivity contribution is 5.81. The zero-order valence-corrected chi connectivity index (χ0v) is 13.6. The van der Waals surface area contributed by atoms with Gasteiger partial charge in [-0.25, -0.2) is 0 Å². The summed E-state index contributed by atoms with van der Waals surface area (Å²) in [5, 5.41) is 9.64. The van der Waals surface area contributed by atoms with E-state index in [0.29, 0.717) is 56.9 Å². The number of rotatable bonds is 5. The van der Waals surface area contributed by atoms with Crippen molar-refractivity contribution in [1.29, 1.82) is 0 Å². The average Bonchev–Trinajstić information content (AvgIpc) is 3.49. The predicted molar refractivity (Wildman–Crippen MR) is 82.9 cm³/mol. The number of nitrogens with zero attached hydrogens (tertiary/aromatic N) is 2. The second kappa shape index (κ2) is 5.74. The van der Waals surface area contributed by atoms with Gasteiger partial charge < -0.3 is 14.7 Å². The van der Waals surface area contributed by atoms with E-state index in [4.69, 9.17) is 4.74 Å². The van der Waals surface area contributed by atoms with Crippen LogP contribution in [0.3, 0.4) is 0 Å². The van der Waals surface area contributed by atoms with Crippen molar-refractivity contribution in [2.75, 3.05) is 39.4 Å². The third-order valence-corrected chi connectivity index (χ3v) is 6.14. The van der Waals surface area contributed by atoms with Gasteiger partial charge in [0.05, 0.1) is 6.61 Å². The summed E-state index contributed by atoms with van der Waals surface area (Å²) in [7, 11) is 0. The highest BCUT2D eigenvalue weighted by atomic mass is 16.5. The molecule has 23 heavy (non-hydrogen) atoms. The first kappa shape index (κ1) is 15.4. The number of carboxylic acid groups (broad SMARTS) is 1. The van der Waals surface area contributed by atoms with Crippen LogP contribution in [0.4, 0.5) is 0 Å². The molecule has 0 aromatic heterocycles. The quantitative estimate of drug-likeness (QED) is 0.811. The molecule has 0 spiro atoms. The molecule has 0 radical (unpaired) electrons. The van der Waals surface area contributed by atoms with Crippen molar-refractivity contribution in [2.24, 2.45) is 17.8 Å². The van der Waals surface area contributed by atoms with Crippen molar-refractivity contribution >= 4 is 11.9 Å². The summed E-state index contributed by atoms with van der Waals surface area (Å²) in [6.07, 6.45) is 5.40. The molecule has 1 amide bonds. The van der Waals surface area contributed by atoms with Crippen LogP contribution < -0.4 is 0 Å². The Hall–Kier alpha value is -1.14. The van der Waals surface area contributed by atoms with Gasteiger partial charge in [-0.05, 0) is 37.5 Å². The highest BCUT2D eigenvalue weighted by Gasteiger charge is 2.50. The molecule has 4 aliphatic rings. The summed E-state index contributed by atoms with van der Waals surface area (Å²) >= 11 is 0. The number of ether oxygens (including phenoxy) is 1. The maximum Gasteiger partial charge on any atom is 0.326 e. The molecule has 2 aliphatic carbocycles. The minimum atomic E-state index is -0.873. The molecule has 2 aliphatic heterocycles. The van der Waals surface area contributed by atoms with Crippen molar-refractivity contribution in [1.82, 2.24) is 9.80 Å². The predicted octanol–water partition coefficient (Wildman–Crippen LogP) is 0.811. The van der Waals surface area contributed by atoms with E-state index in [2.05, 4.69) is 0 Å². The molecule has 4 fully saturated rings. The number of amides is 1. The lowest BCUT2D eigenvalue weighted by Crippen LogP contribution is -2.62. The van der Waals surface area contributed by atoms with Gasteiger partial charge >= 0.3 is 5.97 Å². The molecule has 1 N–H and O–H groups in total. The topological polar surface area (TPSA) is 70.1 Å². The first-order valence-corrected chi connectivity index (χ1v) is 8.97. The maximum absolute atomic E-state index is 12.9. The standard InChI is InChI=1S/C17H26N2O4/c20-15(14(12-1-2-12)13-3-4-13)18-6-8-19(9-7-18)17(16(21)22)5-10-23-11-17/h12-14H,1-11H2,(H,21,22). The lowest BCUT2D eigenvalue weighted by atomic mass is 9.94. The number of carbonyl (C=O) groups excluding carboxylic acids is 1. The molecule has 128 valence electrons.